The summed E-state index contributed by atoms with van der Waals surface area (Å²) in [5, 5.41) is -0.261. The fourth-order valence-electron chi connectivity index (χ4n) is 0.647. The van der Waals surface area contributed by atoms with Crippen molar-refractivity contribution >= 4 is 24.7 Å². The second-order valence-electron chi connectivity index (χ2n) is 2.80. The molecule has 0 saturated carbocycles. The highest BCUT2D eigenvalue weighted by Gasteiger charge is 2.24. The number of hydrogen-bond donors (Lipinski definition) is 0. The molecular formula is C4H12B2FNO2S. The minimum Gasteiger partial charge on any atom is -0.242 e. The van der Waals surface area contributed by atoms with Crippen molar-refractivity contribution < 1.29 is 12.9 Å². The molecule has 7 heteroatoms. The molecule has 0 aliphatic rings. The van der Waals surface area contributed by atoms with E-state index in [0.29, 0.717) is 5.12 Å². The summed E-state index contributed by atoms with van der Waals surface area (Å²) in [4.78, 5) is 0. The first-order valence-corrected chi connectivity index (χ1v) is 5.29. The van der Waals surface area contributed by atoms with Crippen molar-refractivity contribution in [1.29, 1.82) is 0 Å². The Morgan fingerprint density at radius 2 is 1.91 bits per heavy atom. The van der Waals surface area contributed by atoms with E-state index in [1.165, 1.54) is 21.8 Å². The van der Waals surface area contributed by atoms with Gasteiger partial charge >= 0.3 is 0 Å². The second kappa shape index (κ2) is 3.58. The quantitative estimate of drug-likeness (QED) is 0.375. The van der Waals surface area contributed by atoms with Crippen molar-refractivity contribution in [2.24, 2.45) is 0 Å². The Labute approximate surface area is 68.5 Å². The molecule has 0 amide bonds. The molecule has 0 aromatic rings. The molecule has 0 radical (unpaired) electrons. The van der Waals surface area contributed by atoms with Crippen LogP contribution >= 0.6 is 0 Å². The normalized spacial score (nSPS) is 18.2. The summed E-state index contributed by atoms with van der Waals surface area (Å²) >= 11 is 0. The summed E-state index contributed by atoms with van der Waals surface area (Å²) in [5.74, 6) is -0.593. The highest BCUT2D eigenvalue weighted by Crippen LogP contribution is 2.06. The molecule has 0 spiro atoms. The van der Waals surface area contributed by atoms with Crippen LogP contribution in [-0.4, -0.2) is 46.7 Å². The van der Waals surface area contributed by atoms with Crippen LogP contribution in [0.3, 0.4) is 0 Å². The van der Waals surface area contributed by atoms with Crippen molar-refractivity contribution in [2.45, 2.75) is 18.1 Å². The third kappa shape index (κ3) is 3.24. The topological polar surface area (TPSA) is 37.4 Å². The van der Waals surface area contributed by atoms with E-state index < -0.39 is 20.9 Å². The monoisotopic (exact) mass is 179 g/mol. The van der Waals surface area contributed by atoms with Crippen LogP contribution in [0.2, 0.25) is 0 Å². The Hall–Kier alpha value is -0.0301. The smallest absolute Gasteiger partial charge is 0.242 e. The Morgan fingerprint density at radius 1 is 1.55 bits per heavy atom. The summed E-state index contributed by atoms with van der Waals surface area (Å²) in [6.07, 6.45) is 0. The highest BCUT2D eigenvalue weighted by atomic mass is 32.2. The number of halogens is 1. The molecule has 0 heterocycles. The molecule has 64 valence electrons. The summed E-state index contributed by atoms with van der Waals surface area (Å²) in [7, 11) is 0.728. The van der Waals surface area contributed by atoms with Crippen molar-refractivity contribution in [3.63, 3.8) is 0 Å². The maximum absolute atomic E-state index is 12.4. The summed E-state index contributed by atoms with van der Waals surface area (Å²) in [5.41, 5.74) is 0. The van der Waals surface area contributed by atoms with E-state index in [1.807, 2.05) is 0 Å². The van der Waals surface area contributed by atoms with E-state index in [2.05, 4.69) is 0 Å². The number of nitrogens with zero attached hydrogens (tertiary/aromatic N) is 1. The molecule has 0 saturated heterocycles. The van der Waals surface area contributed by atoms with Gasteiger partial charge in [0.15, 0.2) is 0 Å². The molecule has 0 bridgehead atoms. The first kappa shape index (κ1) is 11.0. The van der Waals surface area contributed by atoms with Crippen LogP contribution in [0.25, 0.3) is 0 Å². The molecule has 0 fully saturated rings. The van der Waals surface area contributed by atoms with Gasteiger partial charge in [-0.1, -0.05) is 0 Å². The van der Waals surface area contributed by atoms with Crippen molar-refractivity contribution in [1.82, 2.24) is 5.12 Å². The predicted octanol–water partition coefficient (Wildman–Crippen LogP) is -1.89. The van der Waals surface area contributed by atoms with Crippen LogP contribution in [0.4, 0.5) is 4.48 Å². The third-order valence-corrected chi connectivity index (χ3v) is 3.66. The van der Waals surface area contributed by atoms with Gasteiger partial charge in [-0.25, -0.2) is 8.42 Å². The highest BCUT2D eigenvalue weighted by molar-refractivity contribution is 8.12. The van der Waals surface area contributed by atoms with Crippen LogP contribution in [-0.2, 0) is 9.69 Å². The van der Waals surface area contributed by atoms with Crippen LogP contribution < -0.4 is 0 Å². The van der Waals surface area contributed by atoms with Gasteiger partial charge in [0.25, 0.3) is 7.12 Å². The van der Waals surface area contributed by atoms with Gasteiger partial charge < -0.3 is 0 Å². The van der Waals surface area contributed by atoms with Crippen molar-refractivity contribution in [3.05, 3.63) is 0 Å². The van der Waals surface area contributed by atoms with Crippen LogP contribution in [0.5, 0.6) is 0 Å². The zero-order valence-electron chi connectivity index (χ0n) is 7.20. The van der Waals surface area contributed by atoms with Gasteiger partial charge in [0, 0.05) is 13.0 Å². The summed E-state index contributed by atoms with van der Waals surface area (Å²) in [6, 6.07) is 0. The van der Waals surface area contributed by atoms with Gasteiger partial charge in [0.2, 0.25) is 0 Å². The average molecular weight is 179 g/mol. The largest absolute Gasteiger partial charge is 0.256 e. The first-order chi connectivity index (χ1) is 4.76. The lowest BCUT2D eigenvalue weighted by molar-refractivity contribution is 0.0428. The fourth-order valence-corrected chi connectivity index (χ4v) is 1.53. The Bertz CT molecular complexity index is 218. The second-order valence-corrected chi connectivity index (χ2v) is 5.20. The van der Waals surface area contributed by atoms with Crippen LogP contribution in [0.15, 0.2) is 0 Å². The van der Waals surface area contributed by atoms with E-state index in [1.54, 1.807) is 0 Å². The molecule has 2 unspecified atom stereocenters. The van der Waals surface area contributed by atoms with Gasteiger partial charge in [0.1, 0.15) is 17.5 Å². The lowest BCUT2D eigenvalue weighted by Crippen LogP contribution is -2.40. The Morgan fingerprint density at radius 3 is 2.00 bits per heavy atom. The third-order valence-electron chi connectivity index (χ3n) is 1.92. The Kier molecular flexibility index (Phi) is 3.57. The van der Waals surface area contributed by atoms with E-state index in [-0.39, 0.29) is 0 Å². The molecule has 0 aromatic carbocycles. The van der Waals surface area contributed by atoms with Crippen molar-refractivity contribution in [3.8, 4) is 0 Å². The molecular weight excluding hydrogens is 167 g/mol. The Balaban J connectivity index is 4.38. The first-order valence-electron chi connectivity index (χ1n) is 3.34. The SMILES string of the molecule is BC(C(C)S(B)(=O)=O)N(C)F. The minimum atomic E-state index is -3.13. The maximum atomic E-state index is 12.4. The van der Waals surface area contributed by atoms with Gasteiger partial charge in [0.05, 0.1) is 5.25 Å². The van der Waals surface area contributed by atoms with Crippen LogP contribution in [0.1, 0.15) is 6.92 Å². The van der Waals surface area contributed by atoms with Gasteiger partial charge in [-0.15, -0.1) is 4.48 Å². The molecule has 0 aliphatic heterocycles. The van der Waals surface area contributed by atoms with Gasteiger partial charge in [-0.3, -0.25) is 0 Å². The average Bonchev–Trinajstić information content (AvgIpc) is 1.82. The number of rotatable bonds is 3. The lowest BCUT2D eigenvalue weighted by atomic mass is 9.94. The number of hydrogen-bond acceptors (Lipinski definition) is 3. The molecule has 0 rings (SSSR count). The predicted molar refractivity (Wildman–Crippen MR) is 48.1 cm³/mol. The summed E-state index contributed by atoms with van der Waals surface area (Å²) in [6.45, 7) is 1.50. The minimum absolute atomic E-state index is 0.408. The van der Waals surface area contributed by atoms with Gasteiger partial charge in [-0.05, 0) is 6.92 Å². The zero-order valence-corrected chi connectivity index (χ0v) is 8.02. The lowest BCUT2D eigenvalue weighted by Gasteiger charge is -2.21. The van der Waals surface area contributed by atoms with Crippen LogP contribution in [0, 0.1) is 0 Å². The molecule has 0 aliphatic carbocycles. The summed E-state index contributed by atoms with van der Waals surface area (Å²) < 4.78 is 34.2. The molecule has 2 atom stereocenters. The fraction of sp³-hybridized carbons (Fsp3) is 1.00. The standard InChI is InChI=1S/C4H12B2FNO2S/c1-3(11(6,9)10)4(5)8(2)7/h3-4H,5-6H2,1-2H3. The van der Waals surface area contributed by atoms with E-state index in [0.717, 1.165) is 7.12 Å². The van der Waals surface area contributed by atoms with Crippen molar-refractivity contribution in [2.75, 3.05) is 7.05 Å². The van der Waals surface area contributed by atoms with Gasteiger partial charge in [-0.2, -0.15) is 5.12 Å². The molecule has 11 heavy (non-hydrogen) atoms. The maximum Gasteiger partial charge on any atom is 0.256 e. The van der Waals surface area contributed by atoms with E-state index in [9.17, 15) is 12.9 Å². The molecule has 3 nitrogen and oxygen atoms in total. The van der Waals surface area contributed by atoms with E-state index >= 15 is 0 Å². The molecule has 0 N–H and O–H groups in total. The zero-order chi connectivity index (χ0) is 9.23. The molecule has 0 aromatic heterocycles. The van der Waals surface area contributed by atoms with E-state index in [4.69, 9.17) is 0 Å².